The Hall–Kier alpha value is -2.54. The second-order valence-electron chi connectivity index (χ2n) is 6.22. The van der Waals surface area contributed by atoms with Gasteiger partial charge in [0.15, 0.2) is 0 Å². The average Bonchev–Trinajstić information content (AvgIpc) is 2.64. The van der Waals surface area contributed by atoms with E-state index in [-0.39, 0.29) is 18.5 Å². The third-order valence-corrected chi connectivity index (χ3v) is 4.44. The fraction of sp³-hybridized carbons (Fsp3) is 0.444. The zero-order valence-electron chi connectivity index (χ0n) is 14.5. The number of aromatic nitrogens is 3. The van der Waals surface area contributed by atoms with Gasteiger partial charge in [-0.3, -0.25) is 9.78 Å². The number of aliphatic hydroxyl groups excluding tert-OH is 1. The molecule has 2 aromatic rings. The Bertz CT molecular complexity index is 738. The predicted octanol–water partition coefficient (Wildman–Crippen LogP) is 1.43. The first kappa shape index (κ1) is 17.3. The summed E-state index contributed by atoms with van der Waals surface area (Å²) in [6, 6.07) is 5.11. The van der Waals surface area contributed by atoms with Crippen LogP contribution in [0.4, 0.5) is 5.82 Å². The maximum atomic E-state index is 12.5. The molecule has 2 atom stereocenters. The van der Waals surface area contributed by atoms with Gasteiger partial charge in [-0.1, -0.05) is 13.0 Å². The van der Waals surface area contributed by atoms with E-state index >= 15 is 0 Å². The summed E-state index contributed by atoms with van der Waals surface area (Å²) in [5.74, 6) is 1.31. The highest BCUT2D eigenvalue weighted by molar-refractivity contribution is 5.92. The quantitative estimate of drug-likeness (QED) is 0.874. The van der Waals surface area contributed by atoms with Gasteiger partial charge in [-0.15, -0.1) is 0 Å². The largest absolute Gasteiger partial charge is 0.389 e. The Morgan fingerprint density at radius 1 is 1.40 bits per heavy atom. The van der Waals surface area contributed by atoms with Crippen molar-refractivity contribution in [2.75, 3.05) is 18.4 Å². The minimum Gasteiger partial charge on any atom is -0.389 e. The van der Waals surface area contributed by atoms with Gasteiger partial charge in [0, 0.05) is 31.0 Å². The fourth-order valence-corrected chi connectivity index (χ4v) is 2.99. The minimum absolute atomic E-state index is 0.146. The summed E-state index contributed by atoms with van der Waals surface area (Å²) in [5.41, 5.74) is 1.42. The first-order valence-corrected chi connectivity index (χ1v) is 8.56. The standard InChI is InChI=1S/C18H23N5O2/c1-3-13-10-20-12(2)21-17(13)22-14-7-9-23(11-16(14)24)18(25)15-6-4-5-8-19-15/h4-6,8,10,14,16,24H,3,7,9,11H2,1-2H3,(H,20,21,22)/t14-,16-/m1/s1. The first-order chi connectivity index (χ1) is 12.1. The number of aliphatic hydroxyl groups is 1. The van der Waals surface area contributed by atoms with Crippen molar-refractivity contribution >= 4 is 11.7 Å². The van der Waals surface area contributed by atoms with Crippen molar-refractivity contribution in [3.63, 3.8) is 0 Å². The zero-order valence-corrected chi connectivity index (χ0v) is 14.5. The molecule has 0 unspecified atom stereocenters. The smallest absolute Gasteiger partial charge is 0.272 e. The van der Waals surface area contributed by atoms with Crippen LogP contribution in [0.2, 0.25) is 0 Å². The molecule has 3 heterocycles. The third-order valence-electron chi connectivity index (χ3n) is 4.44. The van der Waals surface area contributed by atoms with Crippen LogP contribution in [-0.2, 0) is 6.42 Å². The Kier molecular flexibility index (Phi) is 5.23. The summed E-state index contributed by atoms with van der Waals surface area (Å²) in [4.78, 5) is 26.9. The van der Waals surface area contributed by atoms with Gasteiger partial charge < -0.3 is 15.3 Å². The molecule has 2 aromatic heterocycles. The van der Waals surface area contributed by atoms with Crippen LogP contribution in [0.1, 0.15) is 35.2 Å². The number of aryl methyl sites for hydroxylation is 2. The summed E-state index contributed by atoms with van der Waals surface area (Å²) in [6.07, 6.45) is 4.21. The number of amides is 1. The molecule has 7 heteroatoms. The summed E-state index contributed by atoms with van der Waals surface area (Å²) >= 11 is 0. The molecule has 1 amide bonds. The maximum Gasteiger partial charge on any atom is 0.272 e. The van der Waals surface area contributed by atoms with Gasteiger partial charge in [0.05, 0.1) is 12.1 Å². The van der Waals surface area contributed by atoms with Gasteiger partial charge in [0.2, 0.25) is 0 Å². The number of carbonyl (C=O) groups is 1. The third kappa shape index (κ3) is 3.93. The van der Waals surface area contributed by atoms with Crippen LogP contribution in [0.5, 0.6) is 0 Å². The Morgan fingerprint density at radius 2 is 2.24 bits per heavy atom. The topological polar surface area (TPSA) is 91.2 Å². The van der Waals surface area contributed by atoms with E-state index in [0.717, 1.165) is 17.8 Å². The van der Waals surface area contributed by atoms with Crippen LogP contribution >= 0.6 is 0 Å². The van der Waals surface area contributed by atoms with Crippen LogP contribution in [0.25, 0.3) is 0 Å². The molecule has 0 aromatic carbocycles. The normalized spacial score (nSPS) is 20.4. The number of hydrogen-bond donors (Lipinski definition) is 2. The molecule has 0 bridgehead atoms. The highest BCUT2D eigenvalue weighted by Gasteiger charge is 2.31. The van der Waals surface area contributed by atoms with Crippen LogP contribution in [0.3, 0.4) is 0 Å². The summed E-state index contributed by atoms with van der Waals surface area (Å²) in [7, 11) is 0. The number of piperidine rings is 1. The molecule has 3 rings (SSSR count). The lowest BCUT2D eigenvalue weighted by atomic mass is 10.0. The lowest BCUT2D eigenvalue weighted by Gasteiger charge is -2.36. The average molecular weight is 341 g/mol. The number of carbonyl (C=O) groups excluding carboxylic acids is 1. The van der Waals surface area contributed by atoms with Crippen molar-refractivity contribution in [3.8, 4) is 0 Å². The predicted molar refractivity (Wildman–Crippen MR) is 94.3 cm³/mol. The number of pyridine rings is 1. The van der Waals surface area contributed by atoms with E-state index in [2.05, 4.69) is 20.3 Å². The molecule has 132 valence electrons. The van der Waals surface area contributed by atoms with E-state index in [4.69, 9.17) is 0 Å². The summed E-state index contributed by atoms with van der Waals surface area (Å²) in [5, 5.41) is 13.8. The molecule has 7 nitrogen and oxygen atoms in total. The van der Waals surface area contributed by atoms with E-state index in [9.17, 15) is 9.90 Å². The molecule has 0 spiro atoms. The first-order valence-electron chi connectivity index (χ1n) is 8.56. The van der Waals surface area contributed by atoms with E-state index in [1.807, 2.05) is 20.0 Å². The molecule has 0 aliphatic carbocycles. The molecule has 1 aliphatic rings. The monoisotopic (exact) mass is 341 g/mol. The molecule has 2 N–H and O–H groups in total. The number of likely N-dealkylation sites (tertiary alicyclic amines) is 1. The number of hydrogen-bond acceptors (Lipinski definition) is 6. The number of nitrogens with zero attached hydrogens (tertiary/aromatic N) is 4. The molecular formula is C18H23N5O2. The maximum absolute atomic E-state index is 12.5. The Balaban J connectivity index is 1.66. The lowest BCUT2D eigenvalue weighted by Crippen LogP contribution is -2.52. The number of anilines is 1. The second-order valence-corrected chi connectivity index (χ2v) is 6.22. The van der Waals surface area contributed by atoms with E-state index in [1.54, 1.807) is 29.3 Å². The zero-order chi connectivity index (χ0) is 17.8. The highest BCUT2D eigenvalue weighted by atomic mass is 16.3. The van der Waals surface area contributed by atoms with Gasteiger partial charge in [-0.2, -0.15) is 0 Å². The van der Waals surface area contributed by atoms with Gasteiger partial charge in [0.1, 0.15) is 17.3 Å². The van der Waals surface area contributed by atoms with Crippen LogP contribution < -0.4 is 5.32 Å². The highest BCUT2D eigenvalue weighted by Crippen LogP contribution is 2.20. The SMILES string of the molecule is CCc1cnc(C)nc1N[C@@H]1CCN(C(=O)c2ccccn2)C[C@H]1O. The second kappa shape index (κ2) is 7.57. The van der Waals surface area contributed by atoms with Crippen LogP contribution in [-0.4, -0.2) is 56.1 Å². The van der Waals surface area contributed by atoms with E-state index in [0.29, 0.717) is 24.5 Å². The van der Waals surface area contributed by atoms with E-state index in [1.165, 1.54) is 0 Å². The van der Waals surface area contributed by atoms with E-state index < -0.39 is 6.10 Å². The fourth-order valence-electron chi connectivity index (χ4n) is 2.99. The Morgan fingerprint density at radius 3 is 2.92 bits per heavy atom. The molecule has 0 radical (unpaired) electrons. The van der Waals surface area contributed by atoms with Crippen molar-refractivity contribution in [1.82, 2.24) is 19.9 Å². The van der Waals surface area contributed by atoms with Gasteiger partial charge in [-0.25, -0.2) is 9.97 Å². The van der Waals surface area contributed by atoms with Crippen molar-refractivity contribution in [2.24, 2.45) is 0 Å². The Labute approximate surface area is 147 Å². The van der Waals surface area contributed by atoms with Gasteiger partial charge >= 0.3 is 0 Å². The number of nitrogens with one attached hydrogen (secondary N) is 1. The lowest BCUT2D eigenvalue weighted by molar-refractivity contribution is 0.0421. The van der Waals surface area contributed by atoms with Gasteiger partial charge in [0.25, 0.3) is 5.91 Å². The molecule has 0 saturated carbocycles. The van der Waals surface area contributed by atoms with Crippen molar-refractivity contribution in [2.45, 2.75) is 38.8 Å². The van der Waals surface area contributed by atoms with Gasteiger partial charge in [-0.05, 0) is 31.9 Å². The number of β-amino-alcohol motifs (C(OH)–C–C–N with tert-alkyl or cyclic N) is 1. The summed E-state index contributed by atoms with van der Waals surface area (Å²) in [6.45, 7) is 4.73. The summed E-state index contributed by atoms with van der Waals surface area (Å²) < 4.78 is 0. The molecule has 1 fully saturated rings. The molecule has 1 saturated heterocycles. The molecule has 1 aliphatic heterocycles. The molecular weight excluding hydrogens is 318 g/mol. The van der Waals surface area contributed by atoms with Crippen molar-refractivity contribution < 1.29 is 9.90 Å². The molecule has 25 heavy (non-hydrogen) atoms. The number of rotatable bonds is 4. The van der Waals surface area contributed by atoms with Crippen LogP contribution in [0.15, 0.2) is 30.6 Å². The minimum atomic E-state index is -0.665. The van der Waals surface area contributed by atoms with Crippen molar-refractivity contribution in [3.05, 3.63) is 47.7 Å². The van der Waals surface area contributed by atoms with Crippen LogP contribution in [0, 0.1) is 6.92 Å². The van der Waals surface area contributed by atoms with Crippen molar-refractivity contribution in [1.29, 1.82) is 0 Å².